The number of hydrogen-bond acceptors (Lipinski definition) is 3. The SMILES string of the molecule is CCC(CC)n1nc(C)nc1N. The summed E-state index contributed by atoms with van der Waals surface area (Å²) in [6.45, 7) is 6.12. The van der Waals surface area contributed by atoms with Gasteiger partial charge in [-0.1, -0.05) is 13.8 Å². The van der Waals surface area contributed by atoms with Crippen LogP contribution >= 0.6 is 0 Å². The van der Waals surface area contributed by atoms with Crippen molar-refractivity contribution < 1.29 is 0 Å². The Bertz CT molecular complexity index is 250. The maximum atomic E-state index is 5.68. The minimum Gasteiger partial charge on any atom is -0.368 e. The molecular weight excluding hydrogens is 152 g/mol. The van der Waals surface area contributed by atoms with Crippen LogP contribution in [0.1, 0.15) is 38.6 Å². The van der Waals surface area contributed by atoms with Crippen LogP contribution in [0.3, 0.4) is 0 Å². The fraction of sp³-hybridized carbons (Fsp3) is 0.750. The summed E-state index contributed by atoms with van der Waals surface area (Å²) < 4.78 is 1.81. The second kappa shape index (κ2) is 3.56. The summed E-state index contributed by atoms with van der Waals surface area (Å²) in [5.74, 6) is 1.28. The molecule has 1 aromatic heterocycles. The summed E-state index contributed by atoms with van der Waals surface area (Å²) in [5.41, 5.74) is 5.68. The van der Waals surface area contributed by atoms with Gasteiger partial charge in [-0.2, -0.15) is 10.1 Å². The van der Waals surface area contributed by atoms with Crippen LogP contribution in [-0.2, 0) is 0 Å². The molecule has 0 fully saturated rings. The Morgan fingerprint density at radius 2 is 2.00 bits per heavy atom. The van der Waals surface area contributed by atoms with E-state index in [0.717, 1.165) is 18.7 Å². The van der Waals surface area contributed by atoms with Crippen molar-refractivity contribution in [2.24, 2.45) is 0 Å². The maximum absolute atomic E-state index is 5.68. The molecule has 0 atom stereocenters. The number of nitrogen functional groups attached to an aromatic ring is 1. The highest BCUT2D eigenvalue weighted by Gasteiger charge is 2.11. The third kappa shape index (κ3) is 1.57. The topological polar surface area (TPSA) is 56.7 Å². The lowest BCUT2D eigenvalue weighted by Crippen LogP contribution is -2.11. The van der Waals surface area contributed by atoms with Crippen LogP contribution in [0, 0.1) is 6.92 Å². The highest BCUT2D eigenvalue weighted by molar-refractivity contribution is 5.16. The van der Waals surface area contributed by atoms with E-state index in [1.54, 1.807) is 0 Å². The summed E-state index contributed by atoms with van der Waals surface area (Å²) in [5, 5.41) is 4.23. The molecule has 0 spiro atoms. The summed E-state index contributed by atoms with van der Waals surface area (Å²) >= 11 is 0. The Kier molecular flexibility index (Phi) is 2.68. The van der Waals surface area contributed by atoms with Crippen molar-refractivity contribution in [3.63, 3.8) is 0 Å². The third-order valence-corrected chi connectivity index (χ3v) is 2.05. The van der Waals surface area contributed by atoms with Crippen LogP contribution in [0.15, 0.2) is 0 Å². The van der Waals surface area contributed by atoms with Crippen molar-refractivity contribution >= 4 is 5.95 Å². The second-order valence-electron chi connectivity index (χ2n) is 2.93. The van der Waals surface area contributed by atoms with Gasteiger partial charge in [0.15, 0.2) is 0 Å². The first kappa shape index (κ1) is 9.03. The normalized spacial score (nSPS) is 11.0. The minimum atomic E-state index is 0.395. The van der Waals surface area contributed by atoms with Crippen molar-refractivity contribution in [1.29, 1.82) is 0 Å². The Hall–Kier alpha value is -1.06. The lowest BCUT2D eigenvalue weighted by Gasteiger charge is -2.12. The molecule has 0 aliphatic carbocycles. The molecule has 2 N–H and O–H groups in total. The molecule has 0 saturated heterocycles. The molecular formula is C8H16N4. The molecule has 1 rings (SSSR count). The summed E-state index contributed by atoms with van der Waals surface area (Å²) in [4.78, 5) is 4.06. The lowest BCUT2D eigenvalue weighted by molar-refractivity contribution is 0.432. The molecule has 0 bridgehead atoms. The zero-order chi connectivity index (χ0) is 9.14. The van der Waals surface area contributed by atoms with Gasteiger partial charge in [0.1, 0.15) is 5.82 Å². The molecule has 1 aromatic rings. The van der Waals surface area contributed by atoms with Crippen LogP contribution in [0.5, 0.6) is 0 Å². The number of aromatic nitrogens is 3. The van der Waals surface area contributed by atoms with E-state index < -0.39 is 0 Å². The van der Waals surface area contributed by atoms with Gasteiger partial charge in [0.05, 0.1) is 6.04 Å². The molecule has 0 amide bonds. The fourth-order valence-corrected chi connectivity index (χ4v) is 1.35. The maximum Gasteiger partial charge on any atom is 0.218 e. The first-order chi connectivity index (χ1) is 5.69. The van der Waals surface area contributed by atoms with Crippen LogP contribution in [0.2, 0.25) is 0 Å². The van der Waals surface area contributed by atoms with E-state index in [4.69, 9.17) is 5.73 Å². The van der Waals surface area contributed by atoms with Crippen molar-refractivity contribution in [3.05, 3.63) is 5.82 Å². The molecule has 0 aliphatic heterocycles. The first-order valence-corrected chi connectivity index (χ1v) is 4.37. The molecule has 0 aromatic carbocycles. The standard InChI is InChI=1S/C8H16N4/c1-4-7(5-2)12-8(9)10-6(3)11-12/h7H,4-5H2,1-3H3,(H2,9,10,11). The zero-order valence-electron chi connectivity index (χ0n) is 7.91. The van der Waals surface area contributed by atoms with E-state index >= 15 is 0 Å². The largest absolute Gasteiger partial charge is 0.368 e. The van der Waals surface area contributed by atoms with Crippen LogP contribution < -0.4 is 5.73 Å². The molecule has 0 radical (unpaired) electrons. The molecule has 68 valence electrons. The Balaban J connectivity index is 2.91. The molecule has 0 unspecified atom stereocenters. The fourth-order valence-electron chi connectivity index (χ4n) is 1.35. The number of aryl methyl sites for hydroxylation is 1. The minimum absolute atomic E-state index is 0.395. The average molecular weight is 168 g/mol. The van der Waals surface area contributed by atoms with Gasteiger partial charge in [0.2, 0.25) is 5.95 Å². The van der Waals surface area contributed by atoms with Gasteiger partial charge >= 0.3 is 0 Å². The Morgan fingerprint density at radius 3 is 2.33 bits per heavy atom. The highest BCUT2D eigenvalue weighted by atomic mass is 15.4. The highest BCUT2D eigenvalue weighted by Crippen LogP contribution is 2.17. The van der Waals surface area contributed by atoms with Gasteiger partial charge in [-0.05, 0) is 19.8 Å². The van der Waals surface area contributed by atoms with Gasteiger partial charge in [-0.25, -0.2) is 4.68 Å². The molecule has 1 heterocycles. The second-order valence-corrected chi connectivity index (χ2v) is 2.93. The van der Waals surface area contributed by atoms with E-state index in [9.17, 15) is 0 Å². The Morgan fingerprint density at radius 1 is 1.42 bits per heavy atom. The molecule has 0 saturated carbocycles. The van der Waals surface area contributed by atoms with Crippen molar-refractivity contribution in [2.75, 3.05) is 5.73 Å². The van der Waals surface area contributed by atoms with E-state index in [-0.39, 0.29) is 0 Å². The zero-order valence-corrected chi connectivity index (χ0v) is 7.91. The monoisotopic (exact) mass is 168 g/mol. The number of rotatable bonds is 3. The molecule has 12 heavy (non-hydrogen) atoms. The van der Waals surface area contributed by atoms with Crippen molar-refractivity contribution in [2.45, 2.75) is 39.7 Å². The summed E-state index contributed by atoms with van der Waals surface area (Å²) in [7, 11) is 0. The number of nitrogens with two attached hydrogens (primary N) is 1. The van der Waals surface area contributed by atoms with Gasteiger partial charge < -0.3 is 5.73 Å². The summed E-state index contributed by atoms with van der Waals surface area (Å²) in [6, 6.07) is 0.395. The van der Waals surface area contributed by atoms with Crippen molar-refractivity contribution in [3.8, 4) is 0 Å². The van der Waals surface area contributed by atoms with Crippen LogP contribution in [0.25, 0.3) is 0 Å². The van der Waals surface area contributed by atoms with E-state index in [2.05, 4.69) is 23.9 Å². The molecule has 0 aliphatic rings. The molecule has 4 nitrogen and oxygen atoms in total. The van der Waals surface area contributed by atoms with Gasteiger partial charge in [-0.3, -0.25) is 0 Å². The summed E-state index contributed by atoms with van der Waals surface area (Å²) in [6.07, 6.45) is 2.09. The van der Waals surface area contributed by atoms with Gasteiger partial charge in [0.25, 0.3) is 0 Å². The number of hydrogen-bond donors (Lipinski definition) is 1. The average Bonchev–Trinajstić information content (AvgIpc) is 2.34. The smallest absolute Gasteiger partial charge is 0.218 e. The molecule has 4 heteroatoms. The van der Waals surface area contributed by atoms with Gasteiger partial charge in [0, 0.05) is 0 Å². The van der Waals surface area contributed by atoms with E-state index in [1.165, 1.54) is 0 Å². The van der Waals surface area contributed by atoms with Crippen LogP contribution in [0.4, 0.5) is 5.95 Å². The predicted molar refractivity (Wildman–Crippen MR) is 48.8 cm³/mol. The van der Waals surface area contributed by atoms with Crippen LogP contribution in [-0.4, -0.2) is 14.8 Å². The predicted octanol–water partition coefficient (Wildman–Crippen LogP) is 1.53. The third-order valence-electron chi connectivity index (χ3n) is 2.05. The lowest BCUT2D eigenvalue weighted by atomic mass is 10.2. The quantitative estimate of drug-likeness (QED) is 0.744. The Labute approximate surface area is 72.8 Å². The van der Waals surface area contributed by atoms with E-state index in [0.29, 0.717) is 12.0 Å². The number of nitrogens with zero attached hydrogens (tertiary/aromatic N) is 3. The van der Waals surface area contributed by atoms with Crippen molar-refractivity contribution in [1.82, 2.24) is 14.8 Å². The number of anilines is 1. The van der Waals surface area contributed by atoms with E-state index in [1.807, 2.05) is 11.6 Å². The van der Waals surface area contributed by atoms with Gasteiger partial charge in [-0.15, -0.1) is 0 Å². The first-order valence-electron chi connectivity index (χ1n) is 4.37.